The van der Waals surface area contributed by atoms with Gasteiger partial charge in [-0.05, 0) is 12.1 Å². The van der Waals surface area contributed by atoms with Gasteiger partial charge in [0.2, 0.25) is 5.89 Å². The van der Waals surface area contributed by atoms with Gasteiger partial charge < -0.3 is 20.0 Å². The van der Waals surface area contributed by atoms with Crippen LogP contribution in [-0.2, 0) is 11.2 Å². The maximum Gasteiger partial charge on any atom is 0.379 e. The first-order valence-electron chi connectivity index (χ1n) is 5.44. The highest BCUT2D eigenvalue weighted by molar-refractivity contribution is 5.84. The molecule has 0 saturated carbocycles. The van der Waals surface area contributed by atoms with E-state index in [4.69, 9.17) is 15.0 Å². The lowest BCUT2D eigenvalue weighted by atomic mass is 10.2. The van der Waals surface area contributed by atoms with E-state index in [0.29, 0.717) is 6.42 Å². The molecule has 0 radical (unpaired) electrons. The number of imidazole rings is 1. The molecule has 0 spiro atoms. The van der Waals surface area contributed by atoms with Gasteiger partial charge in [0.05, 0.1) is 19.0 Å². The summed E-state index contributed by atoms with van der Waals surface area (Å²) in [6, 6.07) is -0.499. The van der Waals surface area contributed by atoms with Crippen LogP contribution in [0.5, 0.6) is 0 Å². The summed E-state index contributed by atoms with van der Waals surface area (Å²) in [5.41, 5.74) is 6.72. The van der Waals surface area contributed by atoms with E-state index in [0.717, 1.165) is 5.69 Å². The van der Waals surface area contributed by atoms with Crippen molar-refractivity contribution in [2.24, 2.45) is 5.73 Å². The van der Waals surface area contributed by atoms with Gasteiger partial charge in [0.15, 0.2) is 0 Å². The third-order valence-corrected chi connectivity index (χ3v) is 2.21. The Kier molecular flexibility index (Phi) is 3.68. The van der Waals surface area contributed by atoms with Crippen LogP contribution in [0, 0.1) is 0 Å². The van der Waals surface area contributed by atoms with Crippen LogP contribution in [0.25, 0.3) is 0 Å². The summed E-state index contributed by atoms with van der Waals surface area (Å²) in [5, 5.41) is 3.52. The molecule has 0 saturated heterocycles. The maximum absolute atomic E-state index is 11.3. The van der Waals surface area contributed by atoms with Crippen molar-refractivity contribution in [3.05, 3.63) is 29.9 Å². The monoisotopic (exact) mass is 251 g/mol. The SMILES string of the molecule is CCOC(=O)c1noc([C@H](N)Cc2cnc[nH]2)n1. The molecule has 0 aliphatic rings. The standard InChI is InChI=1S/C10H13N5O3/c1-2-17-10(16)8-14-9(18-15-8)7(11)3-6-4-12-5-13-6/h4-5,7H,2-3,11H2,1H3,(H,12,13)/t7-/m1/s1. The lowest BCUT2D eigenvalue weighted by Crippen LogP contribution is -2.14. The van der Waals surface area contributed by atoms with E-state index in [1.54, 1.807) is 19.4 Å². The van der Waals surface area contributed by atoms with Gasteiger partial charge in [-0.2, -0.15) is 4.98 Å². The number of nitrogens with one attached hydrogen (secondary N) is 1. The molecule has 3 N–H and O–H groups in total. The molecule has 0 amide bonds. The molecule has 8 heteroatoms. The number of H-pyrrole nitrogens is 1. The van der Waals surface area contributed by atoms with Crippen molar-refractivity contribution in [3.8, 4) is 0 Å². The van der Waals surface area contributed by atoms with Gasteiger partial charge >= 0.3 is 5.97 Å². The Labute approximate surface area is 103 Å². The number of carbonyl (C=O) groups is 1. The molecule has 0 aromatic carbocycles. The zero-order valence-electron chi connectivity index (χ0n) is 9.79. The topological polar surface area (TPSA) is 120 Å². The molecule has 0 unspecified atom stereocenters. The van der Waals surface area contributed by atoms with Crippen LogP contribution < -0.4 is 5.73 Å². The Morgan fingerprint density at radius 2 is 2.50 bits per heavy atom. The first kappa shape index (κ1) is 12.2. The molecular formula is C10H13N5O3. The normalized spacial score (nSPS) is 12.3. The smallest absolute Gasteiger partial charge is 0.379 e. The van der Waals surface area contributed by atoms with Crippen LogP contribution in [0.3, 0.4) is 0 Å². The van der Waals surface area contributed by atoms with E-state index in [9.17, 15) is 4.79 Å². The molecule has 0 fully saturated rings. The molecule has 2 rings (SSSR count). The van der Waals surface area contributed by atoms with Crippen LogP contribution in [0.4, 0.5) is 0 Å². The van der Waals surface area contributed by atoms with Gasteiger partial charge in [-0.1, -0.05) is 0 Å². The predicted molar refractivity (Wildman–Crippen MR) is 59.5 cm³/mol. The summed E-state index contributed by atoms with van der Waals surface area (Å²) >= 11 is 0. The summed E-state index contributed by atoms with van der Waals surface area (Å²) in [4.78, 5) is 22.0. The number of aromatic amines is 1. The minimum absolute atomic E-state index is 0.119. The van der Waals surface area contributed by atoms with Gasteiger partial charge in [0, 0.05) is 18.3 Å². The number of aromatic nitrogens is 4. The number of esters is 1. The van der Waals surface area contributed by atoms with Crippen LogP contribution in [0.2, 0.25) is 0 Å². The molecule has 0 aliphatic carbocycles. The minimum atomic E-state index is -0.624. The minimum Gasteiger partial charge on any atom is -0.460 e. The fourth-order valence-electron chi connectivity index (χ4n) is 1.38. The maximum atomic E-state index is 11.3. The number of hydrogen-bond donors (Lipinski definition) is 2. The lowest BCUT2D eigenvalue weighted by molar-refractivity contribution is 0.0508. The van der Waals surface area contributed by atoms with E-state index in [1.807, 2.05) is 0 Å². The Balaban J connectivity index is 2.03. The van der Waals surface area contributed by atoms with Crippen molar-refractivity contribution in [2.45, 2.75) is 19.4 Å². The number of nitrogens with zero attached hydrogens (tertiary/aromatic N) is 3. The Hall–Kier alpha value is -2.22. The van der Waals surface area contributed by atoms with Crippen LogP contribution >= 0.6 is 0 Å². The van der Waals surface area contributed by atoms with Gasteiger partial charge in [-0.25, -0.2) is 9.78 Å². The van der Waals surface area contributed by atoms with E-state index in [2.05, 4.69) is 20.1 Å². The van der Waals surface area contributed by atoms with Crippen LogP contribution in [0.1, 0.15) is 35.2 Å². The average molecular weight is 251 g/mol. The molecule has 0 bridgehead atoms. The van der Waals surface area contributed by atoms with Crippen molar-refractivity contribution >= 4 is 5.97 Å². The molecular weight excluding hydrogens is 238 g/mol. The molecule has 8 nitrogen and oxygen atoms in total. The number of rotatable bonds is 5. The third-order valence-electron chi connectivity index (χ3n) is 2.21. The van der Waals surface area contributed by atoms with E-state index < -0.39 is 12.0 Å². The number of nitrogens with two attached hydrogens (primary N) is 1. The molecule has 96 valence electrons. The molecule has 2 aromatic rings. The van der Waals surface area contributed by atoms with Crippen molar-refractivity contribution < 1.29 is 14.1 Å². The third kappa shape index (κ3) is 2.72. The van der Waals surface area contributed by atoms with Gasteiger partial charge in [-0.15, -0.1) is 0 Å². The van der Waals surface area contributed by atoms with Crippen molar-refractivity contribution in [1.82, 2.24) is 20.1 Å². The fourth-order valence-corrected chi connectivity index (χ4v) is 1.38. The van der Waals surface area contributed by atoms with E-state index in [-0.39, 0.29) is 18.3 Å². The number of hydrogen-bond acceptors (Lipinski definition) is 7. The summed E-state index contributed by atoms with van der Waals surface area (Å²) in [7, 11) is 0. The van der Waals surface area contributed by atoms with Crippen LogP contribution in [0.15, 0.2) is 17.0 Å². The molecule has 18 heavy (non-hydrogen) atoms. The molecule has 1 atom stereocenters. The van der Waals surface area contributed by atoms with Gasteiger partial charge in [0.25, 0.3) is 5.82 Å². The predicted octanol–water partition coefficient (Wildman–Crippen LogP) is 0.212. The highest BCUT2D eigenvalue weighted by Gasteiger charge is 2.20. The fraction of sp³-hybridized carbons (Fsp3) is 0.400. The van der Waals surface area contributed by atoms with Gasteiger partial charge in [0.1, 0.15) is 0 Å². The van der Waals surface area contributed by atoms with E-state index >= 15 is 0 Å². The number of ether oxygens (including phenoxy) is 1. The Bertz CT molecular complexity index is 507. The Morgan fingerprint density at radius 1 is 1.67 bits per heavy atom. The zero-order chi connectivity index (χ0) is 13.0. The van der Waals surface area contributed by atoms with E-state index in [1.165, 1.54) is 0 Å². The highest BCUT2D eigenvalue weighted by atomic mass is 16.5. The second-order valence-electron chi connectivity index (χ2n) is 3.56. The molecule has 2 heterocycles. The summed E-state index contributed by atoms with van der Waals surface area (Å²) in [5.74, 6) is -0.555. The zero-order valence-corrected chi connectivity index (χ0v) is 9.79. The largest absolute Gasteiger partial charge is 0.460 e. The van der Waals surface area contributed by atoms with Gasteiger partial charge in [-0.3, -0.25) is 0 Å². The first-order chi connectivity index (χ1) is 8.70. The summed E-state index contributed by atoms with van der Waals surface area (Å²) < 4.78 is 9.67. The second-order valence-corrected chi connectivity index (χ2v) is 3.56. The second kappa shape index (κ2) is 5.41. The number of carbonyl (C=O) groups excluding carboxylic acids is 1. The summed E-state index contributed by atoms with van der Waals surface area (Å²) in [6.07, 6.45) is 3.67. The van der Waals surface area contributed by atoms with Crippen molar-refractivity contribution in [1.29, 1.82) is 0 Å². The quantitative estimate of drug-likeness (QED) is 0.729. The molecule has 2 aromatic heterocycles. The highest BCUT2D eigenvalue weighted by Crippen LogP contribution is 2.12. The molecule has 0 aliphatic heterocycles. The average Bonchev–Trinajstić information content (AvgIpc) is 2.99. The first-order valence-corrected chi connectivity index (χ1v) is 5.44. The summed E-state index contributed by atoms with van der Waals surface area (Å²) in [6.45, 7) is 1.95. The van der Waals surface area contributed by atoms with Crippen molar-refractivity contribution in [2.75, 3.05) is 6.61 Å². The lowest BCUT2D eigenvalue weighted by Gasteiger charge is -2.03. The van der Waals surface area contributed by atoms with Crippen molar-refractivity contribution in [3.63, 3.8) is 0 Å². The van der Waals surface area contributed by atoms with Crippen LogP contribution in [-0.4, -0.2) is 32.7 Å². The Morgan fingerprint density at radius 3 is 3.17 bits per heavy atom.